The molecule has 24 heavy (non-hydrogen) atoms. The fourth-order valence-electron chi connectivity index (χ4n) is 3.76. The number of likely N-dealkylation sites (tertiary alicyclic amines) is 1. The number of carbonyl (C=O) groups is 2. The van der Waals surface area contributed by atoms with Crippen LogP contribution in [0.3, 0.4) is 0 Å². The van der Waals surface area contributed by atoms with Crippen molar-refractivity contribution in [1.29, 1.82) is 0 Å². The quantitative estimate of drug-likeness (QED) is 0.639. The van der Waals surface area contributed by atoms with Gasteiger partial charge in [-0.05, 0) is 42.5 Å². The molecule has 2 N–H and O–H groups in total. The van der Waals surface area contributed by atoms with Crippen molar-refractivity contribution >= 4 is 11.8 Å². The first kappa shape index (κ1) is 16.8. The number of amides is 2. The van der Waals surface area contributed by atoms with Gasteiger partial charge in [0.15, 0.2) is 0 Å². The van der Waals surface area contributed by atoms with Crippen LogP contribution in [0.2, 0.25) is 0 Å². The van der Waals surface area contributed by atoms with Crippen LogP contribution in [0, 0.1) is 5.41 Å². The van der Waals surface area contributed by atoms with Crippen LogP contribution in [0.5, 0.6) is 0 Å². The minimum atomic E-state index is -4.40. The molecule has 1 heterocycles. The van der Waals surface area contributed by atoms with Crippen LogP contribution < -0.4 is 5.48 Å². The van der Waals surface area contributed by atoms with Crippen molar-refractivity contribution in [2.75, 3.05) is 13.1 Å². The molecule has 1 atom stereocenters. The van der Waals surface area contributed by atoms with E-state index in [4.69, 9.17) is 5.21 Å². The third-order valence-electron chi connectivity index (χ3n) is 4.84. The van der Waals surface area contributed by atoms with Crippen LogP contribution in [0.25, 0.3) is 0 Å². The average molecular weight is 342 g/mol. The SMILES string of the molecule is O=C(NO)c1ccc2c(c1)C[C@]1(CC2)CC(=O)N(CC(F)(F)F)C1. The van der Waals surface area contributed by atoms with E-state index in [9.17, 15) is 22.8 Å². The number of fused-ring (bicyclic) bond motifs is 1. The minimum absolute atomic E-state index is 0.0845. The Hall–Kier alpha value is -2.09. The van der Waals surface area contributed by atoms with Gasteiger partial charge in [0.25, 0.3) is 5.91 Å². The molecule has 1 aliphatic heterocycles. The van der Waals surface area contributed by atoms with Crippen molar-refractivity contribution in [3.05, 3.63) is 34.9 Å². The molecule has 1 aromatic rings. The molecule has 8 heteroatoms. The first-order chi connectivity index (χ1) is 11.2. The highest BCUT2D eigenvalue weighted by Crippen LogP contribution is 2.44. The van der Waals surface area contributed by atoms with Gasteiger partial charge in [-0.2, -0.15) is 13.2 Å². The number of hydrogen-bond acceptors (Lipinski definition) is 3. The monoisotopic (exact) mass is 342 g/mol. The van der Waals surface area contributed by atoms with Crippen LogP contribution in [-0.2, 0) is 17.6 Å². The van der Waals surface area contributed by atoms with Gasteiger partial charge in [-0.25, -0.2) is 5.48 Å². The lowest BCUT2D eigenvalue weighted by atomic mass is 9.70. The smallest absolute Gasteiger partial charge is 0.333 e. The molecular weight excluding hydrogens is 325 g/mol. The molecule has 1 aromatic carbocycles. The summed E-state index contributed by atoms with van der Waals surface area (Å²) < 4.78 is 37.8. The van der Waals surface area contributed by atoms with E-state index in [1.807, 2.05) is 0 Å². The number of carbonyl (C=O) groups excluding carboxylic acids is 2. The molecule has 0 saturated carbocycles. The Balaban J connectivity index is 1.81. The van der Waals surface area contributed by atoms with Gasteiger partial charge in [0, 0.05) is 23.9 Å². The molecule has 1 spiro atoms. The first-order valence-electron chi connectivity index (χ1n) is 7.62. The van der Waals surface area contributed by atoms with Crippen molar-refractivity contribution in [2.45, 2.75) is 31.9 Å². The Morgan fingerprint density at radius 2 is 2.04 bits per heavy atom. The summed E-state index contributed by atoms with van der Waals surface area (Å²) in [5.41, 5.74) is 3.21. The van der Waals surface area contributed by atoms with E-state index < -0.39 is 30.0 Å². The van der Waals surface area contributed by atoms with Gasteiger partial charge in [0.2, 0.25) is 5.91 Å². The zero-order chi connectivity index (χ0) is 17.5. The third kappa shape index (κ3) is 3.24. The number of hydrogen-bond donors (Lipinski definition) is 2. The van der Waals surface area contributed by atoms with E-state index in [1.165, 1.54) is 0 Å². The van der Waals surface area contributed by atoms with Crippen LogP contribution in [0.1, 0.15) is 34.3 Å². The van der Waals surface area contributed by atoms with E-state index >= 15 is 0 Å². The van der Waals surface area contributed by atoms with Crippen LogP contribution >= 0.6 is 0 Å². The number of hydroxylamine groups is 1. The van der Waals surface area contributed by atoms with Gasteiger partial charge in [-0.1, -0.05) is 6.07 Å². The Morgan fingerprint density at radius 3 is 2.71 bits per heavy atom. The van der Waals surface area contributed by atoms with Gasteiger partial charge in [0.1, 0.15) is 6.54 Å². The lowest BCUT2D eigenvalue weighted by Gasteiger charge is -2.34. The zero-order valence-electron chi connectivity index (χ0n) is 12.8. The second-order valence-corrected chi connectivity index (χ2v) is 6.64. The normalized spacial score (nSPS) is 23.5. The highest BCUT2D eigenvalue weighted by molar-refractivity contribution is 5.93. The average Bonchev–Trinajstić information content (AvgIpc) is 2.79. The van der Waals surface area contributed by atoms with Gasteiger partial charge in [0.05, 0.1) is 0 Å². The van der Waals surface area contributed by atoms with Crippen LogP contribution in [-0.4, -0.2) is 41.2 Å². The van der Waals surface area contributed by atoms with Crippen molar-refractivity contribution < 1.29 is 28.0 Å². The lowest BCUT2D eigenvalue weighted by molar-refractivity contribution is -0.157. The van der Waals surface area contributed by atoms with Gasteiger partial charge < -0.3 is 4.90 Å². The zero-order valence-corrected chi connectivity index (χ0v) is 12.8. The maximum Gasteiger partial charge on any atom is 0.406 e. The largest absolute Gasteiger partial charge is 0.406 e. The first-order valence-corrected chi connectivity index (χ1v) is 7.62. The summed E-state index contributed by atoms with van der Waals surface area (Å²) >= 11 is 0. The predicted molar refractivity (Wildman–Crippen MR) is 77.4 cm³/mol. The molecule has 1 fully saturated rings. The van der Waals surface area contributed by atoms with Gasteiger partial charge in [-0.15, -0.1) is 0 Å². The van der Waals surface area contributed by atoms with Crippen LogP contribution in [0.15, 0.2) is 18.2 Å². The Morgan fingerprint density at radius 1 is 1.29 bits per heavy atom. The number of rotatable bonds is 2. The maximum absolute atomic E-state index is 12.6. The molecule has 130 valence electrons. The summed E-state index contributed by atoms with van der Waals surface area (Å²) in [7, 11) is 0. The molecule has 5 nitrogen and oxygen atoms in total. The van der Waals surface area contributed by atoms with E-state index in [-0.39, 0.29) is 18.5 Å². The summed E-state index contributed by atoms with van der Waals surface area (Å²) in [5, 5.41) is 8.72. The minimum Gasteiger partial charge on any atom is -0.333 e. The molecular formula is C16H17F3N2O3. The fraction of sp³-hybridized carbons (Fsp3) is 0.500. The van der Waals surface area contributed by atoms with Crippen molar-refractivity contribution in [3.63, 3.8) is 0 Å². The molecule has 1 aliphatic carbocycles. The number of nitrogens with one attached hydrogen (secondary N) is 1. The highest BCUT2D eigenvalue weighted by atomic mass is 19.4. The highest BCUT2D eigenvalue weighted by Gasteiger charge is 2.47. The van der Waals surface area contributed by atoms with E-state index in [1.54, 1.807) is 23.7 Å². The molecule has 0 bridgehead atoms. The summed E-state index contributed by atoms with van der Waals surface area (Å²) in [6.45, 7) is -1.13. The van der Waals surface area contributed by atoms with Gasteiger partial charge >= 0.3 is 6.18 Å². The summed E-state index contributed by atoms with van der Waals surface area (Å²) in [6.07, 6.45) is -2.55. The second-order valence-electron chi connectivity index (χ2n) is 6.64. The number of alkyl halides is 3. The number of benzene rings is 1. The number of aryl methyl sites for hydroxylation is 1. The topological polar surface area (TPSA) is 69.6 Å². The number of halogens is 3. The maximum atomic E-state index is 12.6. The fourth-order valence-corrected chi connectivity index (χ4v) is 3.76. The molecule has 0 aromatic heterocycles. The Bertz CT molecular complexity index is 690. The molecule has 0 unspecified atom stereocenters. The molecule has 0 radical (unpaired) electrons. The molecule has 3 rings (SSSR count). The molecule has 1 saturated heterocycles. The van der Waals surface area contributed by atoms with Gasteiger partial charge in [-0.3, -0.25) is 14.8 Å². The number of nitrogens with zero attached hydrogens (tertiary/aromatic N) is 1. The van der Waals surface area contributed by atoms with Crippen molar-refractivity contribution in [1.82, 2.24) is 10.4 Å². The lowest BCUT2D eigenvalue weighted by Crippen LogP contribution is -2.38. The van der Waals surface area contributed by atoms with E-state index in [0.717, 1.165) is 16.0 Å². The second kappa shape index (κ2) is 5.77. The molecule has 2 aliphatic rings. The predicted octanol–water partition coefficient (Wildman–Crippen LogP) is 2.08. The molecule has 2 amide bonds. The van der Waals surface area contributed by atoms with E-state index in [0.29, 0.717) is 19.3 Å². The summed E-state index contributed by atoms with van der Waals surface area (Å²) in [4.78, 5) is 24.4. The Kier molecular flexibility index (Phi) is 4.03. The third-order valence-corrected chi connectivity index (χ3v) is 4.84. The summed E-state index contributed by atoms with van der Waals surface area (Å²) in [6, 6.07) is 5.02. The Labute approximate surface area is 136 Å². The van der Waals surface area contributed by atoms with Crippen molar-refractivity contribution in [3.8, 4) is 0 Å². The summed E-state index contributed by atoms with van der Waals surface area (Å²) in [5.74, 6) is -1.11. The van der Waals surface area contributed by atoms with Crippen molar-refractivity contribution in [2.24, 2.45) is 5.41 Å². The standard InChI is InChI=1S/C16H17F3N2O3/c17-16(18,19)9-21-8-15(7-13(21)22)4-3-10-1-2-11(14(23)20-24)5-12(10)6-15/h1-2,5,24H,3-4,6-9H2,(H,20,23)/t15-/m1/s1. The van der Waals surface area contributed by atoms with E-state index in [2.05, 4.69) is 0 Å². The van der Waals surface area contributed by atoms with Crippen LogP contribution in [0.4, 0.5) is 13.2 Å².